The van der Waals surface area contributed by atoms with Gasteiger partial charge in [0.05, 0.1) is 12.5 Å². The smallest absolute Gasteiger partial charge is 0.228 e. The molecule has 0 bridgehead atoms. The second kappa shape index (κ2) is 8.89. The molecule has 1 atom stereocenters. The molecule has 2 amide bonds. The Bertz CT molecular complexity index is 741. The van der Waals surface area contributed by atoms with Gasteiger partial charge in [0.2, 0.25) is 16.9 Å². The molecule has 1 saturated carbocycles. The number of aromatic nitrogens is 2. The summed E-state index contributed by atoms with van der Waals surface area (Å²) in [5.41, 5.74) is 0.901. The zero-order chi connectivity index (χ0) is 18.4. The quantitative estimate of drug-likeness (QED) is 0.808. The number of amides is 2. The van der Waals surface area contributed by atoms with Gasteiger partial charge in [0, 0.05) is 12.8 Å². The predicted molar refractivity (Wildman–Crippen MR) is 102 cm³/mol. The Hall–Kier alpha value is -2.28. The van der Waals surface area contributed by atoms with Gasteiger partial charge in [-0.15, -0.1) is 10.2 Å². The first kappa shape index (κ1) is 18.5. The van der Waals surface area contributed by atoms with E-state index in [-0.39, 0.29) is 24.3 Å². The van der Waals surface area contributed by atoms with Crippen LogP contribution in [0.4, 0.5) is 5.13 Å². The minimum atomic E-state index is -0.362. The molecule has 138 valence electrons. The number of carbonyl (C=O) groups excluding carboxylic acids is 2. The maximum atomic E-state index is 12.4. The summed E-state index contributed by atoms with van der Waals surface area (Å²) in [4.78, 5) is 23.9. The van der Waals surface area contributed by atoms with Crippen molar-refractivity contribution in [2.24, 2.45) is 0 Å². The molecule has 1 heterocycles. The lowest BCUT2D eigenvalue weighted by molar-refractivity contribution is -0.120. The number of hydrogen-bond acceptors (Lipinski definition) is 5. The summed E-state index contributed by atoms with van der Waals surface area (Å²) >= 11 is 1.46. The van der Waals surface area contributed by atoms with Crippen LogP contribution in [-0.4, -0.2) is 22.0 Å². The molecule has 1 fully saturated rings. The molecule has 1 aliphatic rings. The van der Waals surface area contributed by atoms with Crippen molar-refractivity contribution >= 4 is 28.3 Å². The molecular formula is C19H24N4O2S. The van der Waals surface area contributed by atoms with Crippen molar-refractivity contribution in [1.82, 2.24) is 15.5 Å². The highest BCUT2D eigenvalue weighted by molar-refractivity contribution is 7.15. The van der Waals surface area contributed by atoms with Gasteiger partial charge in [0.25, 0.3) is 0 Å². The first-order valence-electron chi connectivity index (χ1n) is 9.07. The fourth-order valence-electron chi connectivity index (χ4n) is 3.34. The second-order valence-electron chi connectivity index (χ2n) is 6.70. The zero-order valence-corrected chi connectivity index (χ0v) is 15.7. The van der Waals surface area contributed by atoms with Crippen LogP contribution in [-0.2, 0) is 9.59 Å². The molecule has 6 nitrogen and oxygen atoms in total. The third kappa shape index (κ3) is 5.11. The van der Waals surface area contributed by atoms with Crippen molar-refractivity contribution in [2.45, 2.75) is 57.4 Å². The number of carbonyl (C=O) groups is 2. The van der Waals surface area contributed by atoms with Gasteiger partial charge in [-0.05, 0) is 18.4 Å². The number of hydrogen-bond donors (Lipinski definition) is 2. The second-order valence-corrected chi connectivity index (χ2v) is 7.71. The van der Waals surface area contributed by atoms with Crippen LogP contribution in [0.15, 0.2) is 30.3 Å². The molecule has 2 N–H and O–H groups in total. The van der Waals surface area contributed by atoms with Crippen LogP contribution in [0, 0.1) is 0 Å². The highest BCUT2D eigenvalue weighted by atomic mass is 32.1. The summed E-state index contributed by atoms with van der Waals surface area (Å²) in [6, 6.07) is 9.13. The van der Waals surface area contributed by atoms with E-state index in [2.05, 4.69) is 20.8 Å². The first-order chi connectivity index (χ1) is 12.6. The Morgan fingerprint density at radius 3 is 2.58 bits per heavy atom. The van der Waals surface area contributed by atoms with E-state index in [1.807, 2.05) is 30.3 Å². The van der Waals surface area contributed by atoms with E-state index in [9.17, 15) is 9.59 Å². The molecule has 0 aliphatic heterocycles. The van der Waals surface area contributed by atoms with Crippen LogP contribution in [0.5, 0.6) is 0 Å². The van der Waals surface area contributed by atoms with Gasteiger partial charge in [-0.3, -0.25) is 9.59 Å². The molecule has 1 aromatic carbocycles. The minimum absolute atomic E-state index is 0.155. The van der Waals surface area contributed by atoms with Crippen LogP contribution >= 0.6 is 11.3 Å². The third-order valence-electron chi connectivity index (χ3n) is 4.61. The van der Waals surface area contributed by atoms with E-state index >= 15 is 0 Å². The van der Waals surface area contributed by atoms with Gasteiger partial charge >= 0.3 is 0 Å². The van der Waals surface area contributed by atoms with E-state index in [1.54, 1.807) is 0 Å². The number of benzene rings is 1. The Kier molecular flexibility index (Phi) is 6.33. The maximum absolute atomic E-state index is 12.4. The number of anilines is 1. The monoisotopic (exact) mass is 372 g/mol. The van der Waals surface area contributed by atoms with Crippen molar-refractivity contribution < 1.29 is 9.59 Å². The van der Waals surface area contributed by atoms with Crippen LogP contribution in [0.1, 0.15) is 68.0 Å². The molecule has 0 spiro atoms. The zero-order valence-electron chi connectivity index (χ0n) is 14.9. The molecule has 0 saturated heterocycles. The Morgan fingerprint density at radius 1 is 1.15 bits per heavy atom. The van der Waals surface area contributed by atoms with Crippen LogP contribution < -0.4 is 10.6 Å². The average Bonchev–Trinajstić information content (AvgIpc) is 3.10. The summed E-state index contributed by atoms with van der Waals surface area (Å²) < 4.78 is 0. The topological polar surface area (TPSA) is 84.0 Å². The maximum Gasteiger partial charge on any atom is 0.228 e. The molecule has 26 heavy (non-hydrogen) atoms. The van der Waals surface area contributed by atoms with Crippen molar-refractivity contribution in [3.63, 3.8) is 0 Å². The molecule has 7 heteroatoms. The predicted octanol–water partition coefficient (Wildman–Crippen LogP) is 3.79. The summed E-state index contributed by atoms with van der Waals surface area (Å²) in [5, 5.41) is 15.6. The third-order valence-corrected chi connectivity index (χ3v) is 5.61. The summed E-state index contributed by atoms with van der Waals surface area (Å²) in [5.74, 6) is 0.129. The van der Waals surface area contributed by atoms with E-state index in [1.165, 1.54) is 37.5 Å². The van der Waals surface area contributed by atoms with Crippen molar-refractivity contribution in [3.05, 3.63) is 40.9 Å². The number of rotatable bonds is 6. The first-order valence-corrected chi connectivity index (χ1v) is 9.89. The lowest BCUT2D eigenvalue weighted by Crippen LogP contribution is -2.29. The van der Waals surface area contributed by atoms with Gasteiger partial charge in [0.15, 0.2) is 0 Å². The van der Waals surface area contributed by atoms with Gasteiger partial charge in [0.1, 0.15) is 5.01 Å². The van der Waals surface area contributed by atoms with Gasteiger partial charge in [-0.1, -0.05) is 60.9 Å². The SMILES string of the molecule is CC(=O)N[C@H](CC(=O)Nc1nnc(C2CCCCC2)s1)c1ccccc1. The number of nitrogens with one attached hydrogen (secondary N) is 2. The fourth-order valence-corrected chi connectivity index (χ4v) is 4.27. The van der Waals surface area contributed by atoms with Crippen LogP contribution in [0.2, 0.25) is 0 Å². The molecule has 0 unspecified atom stereocenters. The minimum Gasteiger partial charge on any atom is -0.349 e. The van der Waals surface area contributed by atoms with E-state index < -0.39 is 0 Å². The normalized spacial score (nSPS) is 16.0. The molecule has 1 aliphatic carbocycles. The lowest BCUT2D eigenvalue weighted by Gasteiger charge is -2.18. The van der Waals surface area contributed by atoms with Crippen LogP contribution in [0.3, 0.4) is 0 Å². The van der Waals surface area contributed by atoms with Gasteiger partial charge in [-0.2, -0.15) is 0 Å². The Labute approximate surface area is 157 Å². The van der Waals surface area contributed by atoms with Crippen LogP contribution in [0.25, 0.3) is 0 Å². The Balaban J connectivity index is 1.61. The molecular weight excluding hydrogens is 348 g/mol. The van der Waals surface area contributed by atoms with Crippen molar-refractivity contribution in [3.8, 4) is 0 Å². The molecule has 3 rings (SSSR count). The standard InChI is InChI=1S/C19H24N4O2S/c1-13(24)20-16(14-8-4-2-5-9-14)12-17(25)21-19-23-22-18(26-19)15-10-6-3-7-11-15/h2,4-5,8-9,15-16H,3,6-7,10-12H2,1H3,(H,20,24)(H,21,23,25)/t16-/m1/s1. The molecule has 2 aromatic rings. The fraction of sp³-hybridized carbons (Fsp3) is 0.474. The number of nitrogens with zero attached hydrogens (tertiary/aromatic N) is 2. The molecule has 0 radical (unpaired) electrons. The average molecular weight is 372 g/mol. The van der Waals surface area contributed by atoms with Gasteiger partial charge < -0.3 is 10.6 Å². The highest BCUT2D eigenvalue weighted by Gasteiger charge is 2.21. The van der Waals surface area contributed by atoms with E-state index in [4.69, 9.17) is 0 Å². The Morgan fingerprint density at radius 2 is 1.88 bits per heavy atom. The highest BCUT2D eigenvalue weighted by Crippen LogP contribution is 2.35. The summed E-state index contributed by atoms with van der Waals surface area (Å²) in [6.07, 6.45) is 6.23. The largest absolute Gasteiger partial charge is 0.349 e. The van der Waals surface area contributed by atoms with E-state index in [0.717, 1.165) is 23.4 Å². The van der Waals surface area contributed by atoms with E-state index in [0.29, 0.717) is 11.0 Å². The summed E-state index contributed by atoms with van der Waals surface area (Å²) in [7, 11) is 0. The lowest BCUT2D eigenvalue weighted by atomic mass is 9.90. The van der Waals surface area contributed by atoms with Crippen molar-refractivity contribution in [2.75, 3.05) is 5.32 Å². The van der Waals surface area contributed by atoms with Gasteiger partial charge in [-0.25, -0.2) is 0 Å². The molecule has 1 aromatic heterocycles. The summed E-state index contributed by atoms with van der Waals surface area (Å²) in [6.45, 7) is 1.45. The van der Waals surface area contributed by atoms with Crippen molar-refractivity contribution in [1.29, 1.82) is 0 Å².